The van der Waals surface area contributed by atoms with Crippen molar-refractivity contribution in [2.45, 2.75) is 77.8 Å². The van der Waals surface area contributed by atoms with Gasteiger partial charge in [-0.05, 0) is 64.6 Å². The van der Waals surface area contributed by atoms with Crippen LogP contribution in [-0.2, 0) is 4.74 Å². The lowest BCUT2D eigenvalue weighted by molar-refractivity contribution is 0.0201. The number of rotatable bonds is 10. The molecule has 0 aromatic carbocycles. The maximum Gasteiger partial charge on any atom is 0.0465 e. The van der Waals surface area contributed by atoms with Crippen molar-refractivity contribution < 1.29 is 4.74 Å². The number of methoxy groups -OCH3 is 1. The monoisotopic (exact) mass is 298 g/mol. The minimum Gasteiger partial charge on any atom is -0.385 e. The number of ether oxygens (including phenoxy) is 1. The molecule has 0 spiro atoms. The molecule has 1 heterocycles. The molecular formula is C18H38N2O. The number of nitrogens with zero attached hydrogens (tertiary/aromatic N) is 1. The molecule has 0 amide bonds. The van der Waals surface area contributed by atoms with Gasteiger partial charge in [-0.2, -0.15) is 0 Å². The maximum atomic E-state index is 5.32. The van der Waals surface area contributed by atoms with Crippen molar-refractivity contribution in [3.63, 3.8) is 0 Å². The molecule has 1 fully saturated rings. The summed E-state index contributed by atoms with van der Waals surface area (Å²) in [4.78, 5) is 2.76. The Morgan fingerprint density at radius 2 is 1.86 bits per heavy atom. The molecule has 3 unspecified atom stereocenters. The zero-order valence-electron chi connectivity index (χ0n) is 15.1. The van der Waals surface area contributed by atoms with E-state index in [0.29, 0.717) is 12.0 Å². The zero-order valence-corrected chi connectivity index (χ0v) is 15.1. The van der Waals surface area contributed by atoms with Gasteiger partial charge in [-0.3, -0.25) is 4.90 Å². The van der Waals surface area contributed by atoms with Crippen LogP contribution in [0.3, 0.4) is 0 Å². The molecule has 1 aliphatic heterocycles. The van der Waals surface area contributed by atoms with Crippen LogP contribution in [0.5, 0.6) is 0 Å². The van der Waals surface area contributed by atoms with E-state index >= 15 is 0 Å². The SMILES string of the molecule is CCCNC(C(C)CCOC)C(C)(CC)N1CCCCC1. The van der Waals surface area contributed by atoms with E-state index in [1.165, 1.54) is 45.2 Å². The second kappa shape index (κ2) is 9.81. The molecule has 0 aliphatic carbocycles. The summed E-state index contributed by atoms with van der Waals surface area (Å²) in [6, 6.07) is 0.552. The first-order valence-electron chi connectivity index (χ1n) is 9.07. The van der Waals surface area contributed by atoms with Crippen molar-refractivity contribution in [3.05, 3.63) is 0 Å². The summed E-state index contributed by atoms with van der Waals surface area (Å²) >= 11 is 0. The summed E-state index contributed by atoms with van der Waals surface area (Å²) < 4.78 is 5.32. The smallest absolute Gasteiger partial charge is 0.0465 e. The molecule has 0 saturated carbocycles. The molecule has 0 aromatic heterocycles. The average Bonchev–Trinajstić information content (AvgIpc) is 2.53. The van der Waals surface area contributed by atoms with Gasteiger partial charge in [0.1, 0.15) is 0 Å². The third-order valence-electron chi connectivity index (χ3n) is 5.42. The van der Waals surface area contributed by atoms with E-state index in [2.05, 4.69) is 37.9 Å². The van der Waals surface area contributed by atoms with Crippen molar-refractivity contribution in [2.24, 2.45) is 5.92 Å². The fourth-order valence-corrected chi connectivity index (χ4v) is 3.85. The van der Waals surface area contributed by atoms with Crippen LogP contribution in [0.15, 0.2) is 0 Å². The Balaban J connectivity index is 2.83. The van der Waals surface area contributed by atoms with Gasteiger partial charge in [0, 0.05) is 25.3 Å². The fourth-order valence-electron chi connectivity index (χ4n) is 3.85. The second-order valence-electron chi connectivity index (χ2n) is 6.95. The average molecular weight is 299 g/mol. The van der Waals surface area contributed by atoms with E-state index in [1.54, 1.807) is 0 Å². The summed E-state index contributed by atoms with van der Waals surface area (Å²) in [5, 5.41) is 3.87. The van der Waals surface area contributed by atoms with E-state index in [9.17, 15) is 0 Å². The van der Waals surface area contributed by atoms with Gasteiger partial charge in [-0.1, -0.05) is 27.2 Å². The number of nitrogens with one attached hydrogen (secondary N) is 1. The molecule has 1 rings (SSSR count). The van der Waals surface area contributed by atoms with Gasteiger partial charge in [0.05, 0.1) is 0 Å². The van der Waals surface area contributed by atoms with Gasteiger partial charge in [0.25, 0.3) is 0 Å². The van der Waals surface area contributed by atoms with E-state index in [-0.39, 0.29) is 5.54 Å². The molecule has 1 aliphatic rings. The molecule has 3 nitrogen and oxygen atoms in total. The molecule has 0 bridgehead atoms. The van der Waals surface area contributed by atoms with E-state index in [0.717, 1.165) is 19.6 Å². The van der Waals surface area contributed by atoms with Gasteiger partial charge in [0.2, 0.25) is 0 Å². The molecule has 126 valence electrons. The minimum absolute atomic E-state index is 0.267. The first kappa shape index (κ1) is 18.9. The lowest BCUT2D eigenvalue weighted by Crippen LogP contribution is -2.62. The Morgan fingerprint density at radius 3 is 2.38 bits per heavy atom. The predicted octanol–water partition coefficient (Wildman–Crippen LogP) is 3.68. The molecule has 1 saturated heterocycles. The van der Waals surface area contributed by atoms with Gasteiger partial charge >= 0.3 is 0 Å². The quantitative estimate of drug-likeness (QED) is 0.666. The van der Waals surface area contributed by atoms with Crippen molar-refractivity contribution in [1.82, 2.24) is 10.2 Å². The summed E-state index contributed by atoms with van der Waals surface area (Å²) in [5.74, 6) is 0.642. The van der Waals surface area contributed by atoms with Gasteiger partial charge < -0.3 is 10.1 Å². The van der Waals surface area contributed by atoms with Crippen molar-refractivity contribution >= 4 is 0 Å². The predicted molar refractivity (Wildman–Crippen MR) is 91.9 cm³/mol. The van der Waals surface area contributed by atoms with Crippen LogP contribution in [0.4, 0.5) is 0 Å². The zero-order chi connectivity index (χ0) is 15.7. The molecule has 3 heteroatoms. The number of hydrogen-bond acceptors (Lipinski definition) is 3. The number of piperidine rings is 1. The van der Waals surface area contributed by atoms with E-state index < -0.39 is 0 Å². The molecule has 0 radical (unpaired) electrons. The van der Waals surface area contributed by atoms with Crippen LogP contribution in [0.2, 0.25) is 0 Å². The highest BCUT2D eigenvalue weighted by Crippen LogP contribution is 2.32. The van der Waals surface area contributed by atoms with E-state index in [1.807, 2.05) is 7.11 Å². The third-order valence-corrected chi connectivity index (χ3v) is 5.42. The molecule has 0 aromatic rings. The first-order chi connectivity index (χ1) is 10.1. The highest BCUT2D eigenvalue weighted by atomic mass is 16.5. The Morgan fingerprint density at radius 1 is 1.19 bits per heavy atom. The number of hydrogen-bond donors (Lipinski definition) is 1. The standard InChI is InChI=1S/C18H38N2O/c1-6-12-19-17(16(3)11-15-21-5)18(4,7-2)20-13-9-8-10-14-20/h16-17,19H,6-15H2,1-5H3. The molecule has 21 heavy (non-hydrogen) atoms. The van der Waals surface area contributed by atoms with Crippen LogP contribution in [0.25, 0.3) is 0 Å². The summed E-state index contributed by atoms with van der Waals surface area (Å²) in [6.07, 6.45) is 7.69. The Hall–Kier alpha value is -0.120. The van der Waals surface area contributed by atoms with E-state index in [4.69, 9.17) is 4.74 Å². The van der Waals surface area contributed by atoms with Crippen molar-refractivity contribution in [1.29, 1.82) is 0 Å². The van der Waals surface area contributed by atoms with Gasteiger partial charge in [0.15, 0.2) is 0 Å². The fraction of sp³-hybridized carbons (Fsp3) is 1.00. The lowest BCUT2D eigenvalue weighted by atomic mass is 9.78. The number of likely N-dealkylation sites (tertiary alicyclic amines) is 1. The summed E-state index contributed by atoms with van der Waals surface area (Å²) in [7, 11) is 1.81. The Bertz CT molecular complexity index is 266. The maximum absolute atomic E-state index is 5.32. The van der Waals surface area contributed by atoms with Crippen LogP contribution in [-0.4, -0.2) is 49.8 Å². The summed E-state index contributed by atoms with van der Waals surface area (Å²) in [6.45, 7) is 14.0. The molecule has 1 N–H and O–H groups in total. The third kappa shape index (κ3) is 5.22. The van der Waals surface area contributed by atoms with Crippen LogP contribution >= 0.6 is 0 Å². The first-order valence-corrected chi connectivity index (χ1v) is 9.07. The van der Waals surface area contributed by atoms with Crippen molar-refractivity contribution in [3.8, 4) is 0 Å². The van der Waals surface area contributed by atoms with Crippen LogP contribution < -0.4 is 5.32 Å². The van der Waals surface area contributed by atoms with Crippen LogP contribution in [0.1, 0.15) is 66.2 Å². The van der Waals surface area contributed by atoms with Crippen molar-refractivity contribution in [2.75, 3.05) is 33.4 Å². The lowest BCUT2D eigenvalue weighted by Gasteiger charge is -2.50. The Kier molecular flexibility index (Phi) is 8.84. The molecular weight excluding hydrogens is 260 g/mol. The van der Waals surface area contributed by atoms with Crippen LogP contribution in [0, 0.1) is 5.92 Å². The second-order valence-corrected chi connectivity index (χ2v) is 6.95. The molecule has 3 atom stereocenters. The normalized spacial score (nSPS) is 22.7. The summed E-state index contributed by atoms with van der Waals surface area (Å²) in [5.41, 5.74) is 0.267. The largest absolute Gasteiger partial charge is 0.385 e. The topological polar surface area (TPSA) is 24.5 Å². The highest BCUT2D eigenvalue weighted by molar-refractivity contribution is 4.99. The van der Waals surface area contributed by atoms with Gasteiger partial charge in [-0.25, -0.2) is 0 Å². The van der Waals surface area contributed by atoms with Gasteiger partial charge in [-0.15, -0.1) is 0 Å². The Labute approximate surface area is 132 Å². The minimum atomic E-state index is 0.267. The highest BCUT2D eigenvalue weighted by Gasteiger charge is 2.40.